The highest BCUT2D eigenvalue weighted by molar-refractivity contribution is 7.46. The Morgan fingerprint density at radius 2 is 2.14 bits per heavy atom. The molecule has 22 heavy (non-hydrogen) atoms. The van der Waals surface area contributed by atoms with Crippen LogP contribution in [0, 0.1) is 0 Å². The summed E-state index contributed by atoms with van der Waals surface area (Å²) >= 11 is 0. The van der Waals surface area contributed by atoms with Crippen LogP contribution in [0.1, 0.15) is 12.6 Å². The third-order valence-electron chi connectivity index (χ3n) is 2.77. The standard InChI is InChI=1S/C9H14N3O7P.2H2O/c10-7-1-2-12(9(14)11-7)8-3-5(13)6(19-8)4-18-20(15,16)17;;/h1-2,5-6,8,13H,3-4H2,(H2,10,11,14)(H2,15,16,17);2*1H2/t5-,6+,8+;;/m0../s1. The van der Waals surface area contributed by atoms with Crippen molar-refractivity contribution in [3.05, 3.63) is 22.7 Å². The Morgan fingerprint density at radius 1 is 1.50 bits per heavy atom. The molecule has 0 amide bonds. The number of hydrogen-bond acceptors (Lipinski definition) is 7. The maximum absolute atomic E-state index is 11.6. The van der Waals surface area contributed by atoms with Gasteiger partial charge in [-0.2, -0.15) is 4.98 Å². The van der Waals surface area contributed by atoms with Gasteiger partial charge in [0.1, 0.15) is 18.1 Å². The first kappa shape index (κ1) is 20.6. The highest BCUT2D eigenvalue weighted by Gasteiger charge is 2.36. The summed E-state index contributed by atoms with van der Waals surface area (Å²) in [6.07, 6.45) is -1.32. The average molecular weight is 343 g/mol. The van der Waals surface area contributed by atoms with Crippen molar-refractivity contribution in [2.75, 3.05) is 12.3 Å². The summed E-state index contributed by atoms with van der Waals surface area (Å²) in [5.74, 6) is 0.0613. The summed E-state index contributed by atoms with van der Waals surface area (Å²) in [6.45, 7) is -0.487. The molecule has 0 radical (unpaired) electrons. The molecule has 3 atom stereocenters. The van der Waals surface area contributed by atoms with Crippen molar-refractivity contribution in [3.63, 3.8) is 0 Å². The first-order valence-electron chi connectivity index (χ1n) is 5.64. The van der Waals surface area contributed by atoms with E-state index in [1.54, 1.807) is 0 Å². The lowest BCUT2D eigenvalue weighted by atomic mass is 10.2. The van der Waals surface area contributed by atoms with Gasteiger partial charge in [0.25, 0.3) is 0 Å². The predicted molar refractivity (Wildman–Crippen MR) is 72.7 cm³/mol. The van der Waals surface area contributed by atoms with Crippen molar-refractivity contribution in [3.8, 4) is 0 Å². The number of nitrogens with zero attached hydrogens (tertiary/aromatic N) is 2. The number of ether oxygens (including phenoxy) is 1. The zero-order chi connectivity index (χ0) is 14.9. The Bertz CT molecular complexity index is 588. The molecular weight excluding hydrogens is 325 g/mol. The average Bonchev–Trinajstić information content (AvgIpc) is 2.67. The molecule has 0 spiro atoms. The molecule has 2 heterocycles. The van der Waals surface area contributed by atoms with Crippen LogP contribution in [-0.4, -0.2) is 54.2 Å². The molecule has 1 aliphatic rings. The number of aliphatic hydroxyl groups excluding tert-OH is 1. The second kappa shape index (κ2) is 7.76. The normalized spacial score (nSPS) is 24.4. The number of phosphoric ester groups is 1. The summed E-state index contributed by atoms with van der Waals surface area (Å²) in [4.78, 5) is 32.3. The van der Waals surface area contributed by atoms with Crippen LogP contribution in [0.4, 0.5) is 5.82 Å². The molecule has 0 aromatic carbocycles. The van der Waals surface area contributed by atoms with Gasteiger partial charge in [0.15, 0.2) is 0 Å². The number of aliphatic hydroxyl groups is 1. The van der Waals surface area contributed by atoms with Crippen LogP contribution in [0.3, 0.4) is 0 Å². The minimum Gasteiger partial charge on any atom is -0.412 e. The quantitative estimate of drug-likeness (QED) is 0.407. The van der Waals surface area contributed by atoms with Crippen molar-refractivity contribution in [1.82, 2.24) is 9.55 Å². The van der Waals surface area contributed by atoms with Crippen molar-refractivity contribution >= 4 is 13.6 Å². The Labute approximate surface area is 124 Å². The Kier molecular flexibility index (Phi) is 7.28. The lowest BCUT2D eigenvalue weighted by molar-refractivity contribution is -0.0450. The van der Waals surface area contributed by atoms with Gasteiger partial charge < -0.3 is 36.3 Å². The number of hydrogen-bond donors (Lipinski definition) is 4. The topological polar surface area (TPSA) is 220 Å². The fourth-order valence-electron chi connectivity index (χ4n) is 1.85. The van der Waals surface area contributed by atoms with Gasteiger partial charge in [0, 0.05) is 12.6 Å². The second-order valence-corrected chi connectivity index (χ2v) is 5.50. The molecule has 1 aliphatic heterocycles. The lowest BCUT2D eigenvalue weighted by Gasteiger charge is -2.16. The Balaban J connectivity index is 0.00000220. The fourth-order valence-corrected chi connectivity index (χ4v) is 2.19. The van der Waals surface area contributed by atoms with Crippen molar-refractivity contribution in [2.24, 2.45) is 0 Å². The van der Waals surface area contributed by atoms with Gasteiger partial charge in [-0.05, 0) is 6.07 Å². The molecule has 1 fully saturated rings. The van der Waals surface area contributed by atoms with Crippen molar-refractivity contribution in [2.45, 2.75) is 24.9 Å². The summed E-state index contributed by atoms with van der Waals surface area (Å²) in [5.41, 5.74) is 4.72. The maximum atomic E-state index is 11.6. The molecule has 9 N–H and O–H groups in total. The molecule has 2 rings (SSSR count). The second-order valence-electron chi connectivity index (χ2n) is 4.26. The van der Waals surface area contributed by atoms with E-state index in [0.717, 1.165) is 4.57 Å². The van der Waals surface area contributed by atoms with E-state index >= 15 is 0 Å². The molecule has 0 bridgehead atoms. The molecule has 1 aromatic heterocycles. The molecule has 0 aliphatic carbocycles. The molecule has 13 heteroatoms. The fraction of sp³-hybridized carbons (Fsp3) is 0.556. The van der Waals surface area contributed by atoms with Gasteiger partial charge in [0.2, 0.25) is 0 Å². The van der Waals surface area contributed by atoms with E-state index in [9.17, 15) is 14.5 Å². The predicted octanol–water partition coefficient (Wildman–Crippen LogP) is -3.07. The van der Waals surface area contributed by atoms with E-state index in [1.807, 2.05) is 0 Å². The highest BCUT2D eigenvalue weighted by atomic mass is 31.2. The third-order valence-corrected chi connectivity index (χ3v) is 3.26. The molecule has 1 aromatic rings. The first-order valence-corrected chi connectivity index (χ1v) is 7.17. The molecule has 1 saturated heterocycles. The Hall–Kier alpha value is -1.37. The molecule has 128 valence electrons. The number of anilines is 1. The Morgan fingerprint density at radius 3 is 2.68 bits per heavy atom. The van der Waals surface area contributed by atoms with Crippen LogP contribution in [0.15, 0.2) is 17.1 Å². The monoisotopic (exact) mass is 343 g/mol. The van der Waals surface area contributed by atoms with Crippen LogP contribution in [0.5, 0.6) is 0 Å². The lowest BCUT2D eigenvalue weighted by Crippen LogP contribution is -2.28. The van der Waals surface area contributed by atoms with E-state index in [2.05, 4.69) is 9.51 Å². The van der Waals surface area contributed by atoms with Gasteiger partial charge in [0.05, 0.1) is 12.7 Å². The first-order chi connectivity index (χ1) is 9.26. The van der Waals surface area contributed by atoms with Crippen LogP contribution in [0.2, 0.25) is 0 Å². The van der Waals surface area contributed by atoms with Crippen LogP contribution in [-0.2, 0) is 13.8 Å². The number of phosphoric acid groups is 1. The van der Waals surface area contributed by atoms with Gasteiger partial charge >= 0.3 is 13.5 Å². The molecular formula is C9H18N3O9P. The zero-order valence-corrected chi connectivity index (χ0v) is 12.1. The van der Waals surface area contributed by atoms with E-state index < -0.39 is 38.6 Å². The SMILES string of the molecule is Nc1ccn([C@H]2C[C@H](O)[C@@H](COP(=O)(O)O)O2)c(=O)n1.O.O. The summed E-state index contributed by atoms with van der Waals surface area (Å²) in [5, 5.41) is 9.74. The molecule has 0 unspecified atom stereocenters. The minimum atomic E-state index is -4.64. The van der Waals surface area contributed by atoms with Crippen LogP contribution in [0.25, 0.3) is 0 Å². The van der Waals surface area contributed by atoms with Crippen molar-refractivity contribution < 1.29 is 39.7 Å². The van der Waals surface area contributed by atoms with E-state index in [0.29, 0.717) is 0 Å². The van der Waals surface area contributed by atoms with Crippen molar-refractivity contribution in [1.29, 1.82) is 0 Å². The van der Waals surface area contributed by atoms with Gasteiger partial charge in [-0.15, -0.1) is 0 Å². The summed E-state index contributed by atoms with van der Waals surface area (Å²) < 4.78 is 21.3. The minimum absolute atomic E-state index is 0. The summed E-state index contributed by atoms with van der Waals surface area (Å²) in [6, 6.07) is 1.40. The number of aromatic nitrogens is 2. The van der Waals surface area contributed by atoms with Crippen LogP contribution >= 0.6 is 7.82 Å². The highest BCUT2D eigenvalue weighted by Crippen LogP contribution is 2.38. The number of rotatable bonds is 4. The smallest absolute Gasteiger partial charge is 0.412 e. The zero-order valence-electron chi connectivity index (χ0n) is 11.2. The van der Waals surface area contributed by atoms with E-state index in [1.165, 1.54) is 12.3 Å². The third kappa shape index (κ3) is 5.12. The molecule has 0 saturated carbocycles. The maximum Gasteiger partial charge on any atom is 0.469 e. The largest absolute Gasteiger partial charge is 0.469 e. The van der Waals surface area contributed by atoms with Gasteiger partial charge in [-0.1, -0.05) is 0 Å². The van der Waals surface area contributed by atoms with Crippen LogP contribution < -0.4 is 11.4 Å². The van der Waals surface area contributed by atoms with E-state index in [-0.39, 0.29) is 23.2 Å². The summed E-state index contributed by atoms with van der Waals surface area (Å²) in [7, 11) is -4.64. The number of nitrogen functional groups attached to an aromatic ring is 1. The van der Waals surface area contributed by atoms with E-state index in [4.69, 9.17) is 20.3 Å². The molecule has 12 nitrogen and oxygen atoms in total. The number of nitrogens with two attached hydrogens (primary N) is 1. The van der Waals surface area contributed by atoms with Gasteiger partial charge in [-0.25, -0.2) is 9.36 Å². The van der Waals surface area contributed by atoms with Gasteiger partial charge in [-0.3, -0.25) is 9.09 Å².